The Morgan fingerprint density at radius 2 is 1.43 bits per heavy atom. The highest BCUT2D eigenvalue weighted by Crippen LogP contribution is 2.28. The maximum absolute atomic E-state index is 13.0. The smallest absolute Gasteiger partial charge is 0.293 e. The lowest BCUT2D eigenvalue weighted by Gasteiger charge is -2.35. The standard InChI is InChI=1S/C31H31N5O7S3/c37-31(24-11-13-25(14-12-24)34-18-20-35(21-19-34)46(42,43)27-9-5-2-6-10-27)33-45(40,41)28-15-16-29(30(23-28)36(38)39)32-17-22-44-26-7-3-1-4-8-26/h1-16,23,32H,17-22H2,(H,33,37). The molecule has 4 aromatic carbocycles. The minimum atomic E-state index is -4.42. The van der Waals surface area contributed by atoms with E-state index in [2.05, 4.69) is 5.32 Å². The summed E-state index contributed by atoms with van der Waals surface area (Å²) in [5.74, 6) is -0.268. The second-order valence-corrected chi connectivity index (χ2v) is 15.0. The summed E-state index contributed by atoms with van der Waals surface area (Å²) in [5.41, 5.74) is 0.553. The van der Waals surface area contributed by atoms with Crippen molar-refractivity contribution in [1.29, 1.82) is 0 Å². The highest BCUT2D eigenvalue weighted by Gasteiger charge is 2.29. The Kier molecular flexibility index (Phi) is 10.3. The normalized spacial score (nSPS) is 14.0. The predicted octanol–water partition coefficient (Wildman–Crippen LogP) is 4.43. The largest absolute Gasteiger partial charge is 0.379 e. The van der Waals surface area contributed by atoms with Gasteiger partial charge in [-0.05, 0) is 60.7 Å². The number of nitro benzene ring substituents is 1. The maximum atomic E-state index is 13.0. The third-order valence-electron chi connectivity index (χ3n) is 7.25. The van der Waals surface area contributed by atoms with Crippen molar-refractivity contribution in [1.82, 2.24) is 9.03 Å². The molecule has 0 atom stereocenters. The molecule has 46 heavy (non-hydrogen) atoms. The molecule has 5 rings (SSSR count). The number of nitrogens with zero attached hydrogens (tertiary/aromatic N) is 3. The van der Waals surface area contributed by atoms with Crippen LogP contribution in [0.2, 0.25) is 0 Å². The summed E-state index contributed by atoms with van der Waals surface area (Å²) < 4.78 is 55.3. The van der Waals surface area contributed by atoms with E-state index in [0.29, 0.717) is 25.4 Å². The number of piperazine rings is 1. The van der Waals surface area contributed by atoms with Gasteiger partial charge in [-0.1, -0.05) is 36.4 Å². The van der Waals surface area contributed by atoms with Gasteiger partial charge in [-0.25, -0.2) is 21.6 Å². The third kappa shape index (κ3) is 7.85. The van der Waals surface area contributed by atoms with E-state index in [-0.39, 0.29) is 29.2 Å². The fourth-order valence-electron chi connectivity index (χ4n) is 4.84. The Labute approximate surface area is 271 Å². The first-order chi connectivity index (χ1) is 22.0. The van der Waals surface area contributed by atoms with Crippen LogP contribution in [0, 0.1) is 10.1 Å². The molecule has 0 bridgehead atoms. The summed E-state index contributed by atoms with van der Waals surface area (Å²) in [6.07, 6.45) is 0. The number of nitrogens with one attached hydrogen (secondary N) is 2. The van der Waals surface area contributed by atoms with Gasteiger partial charge in [0.15, 0.2) is 0 Å². The van der Waals surface area contributed by atoms with Crippen LogP contribution in [0.25, 0.3) is 0 Å². The van der Waals surface area contributed by atoms with Gasteiger partial charge in [-0.15, -0.1) is 11.8 Å². The minimum absolute atomic E-state index is 0.0707. The van der Waals surface area contributed by atoms with Crippen molar-refractivity contribution in [3.63, 3.8) is 0 Å². The van der Waals surface area contributed by atoms with Crippen molar-refractivity contribution in [3.8, 4) is 0 Å². The highest BCUT2D eigenvalue weighted by molar-refractivity contribution is 7.99. The van der Waals surface area contributed by atoms with Gasteiger partial charge >= 0.3 is 0 Å². The van der Waals surface area contributed by atoms with Crippen LogP contribution in [0.1, 0.15) is 10.4 Å². The van der Waals surface area contributed by atoms with E-state index >= 15 is 0 Å². The number of carbonyl (C=O) groups is 1. The van der Waals surface area contributed by atoms with E-state index < -0.39 is 41.5 Å². The summed E-state index contributed by atoms with van der Waals surface area (Å²) >= 11 is 1.57. The molecule has 4 aromatic rings. The van der Waals surface area contributed by atoms with Crippen molar-refractivity contribution in [2.45, 2.75) is 14.7 Å². The number of sulfonamides is 2. The van der Waals surface area contributed by atoms with Crippen LogP contribution in [-0.2, 0) is 20.0 Å². The second-order valence-electron chi connectivity index (χ2n) is 10.2. The zero-order valence-electron chi connectivity index (χ0n) is 24.5. The Bertz CT molecular complexity index is 1900. The quantitative estimate of drug-likeness (QED) is 0.0948. The fraction of sp³-hybridized carbons (Fsp3) is 0.194. The fourth-order valence-corrected chi connectivity index (χ4v) is 8.07. The molecular weight excluding hydrogens is 651 g/mol. The Balaban J connectivity index is 1.18. The number of benzene rings is 4. The molecule has 1 amide bonds. The molecule has 0 aliphatic carbocycles. The molecule has 12 nitrogen and oxygen atoms in total. The second kappa shape index (κ2) is 14.3. The zero-order valence-corrected chi connectivity index (χ0v) is 26.9. The van der Waals surface area contributed by atoms with Crippen molar-refractivity contribution in [3.05, 3.63) is 119 Å². The molecule has 2 N–H and O–H groups in total. The lowest BCUT2D eigenvalue weighted by Crippen LogP contribution is -2.48. The number of nitro groups is 1. The van der Waals surface area contributed by atoms with Gasteiger partial charge in [0.1, 0.15) is 5.69 Å². The SMILES string of the molecule is O=C(NS(=O)(=O)c1ccc(NCCSc2ccccc2)c([N+](=O)[O-])c1)c1ccc(N2CCN(S(=O)(=O)c3ccccc3)CC2)cc1. The summed E-state index contributed by atoms with van der Waals surface area (Å²) in [6.45, 7) is 1.83. The molecule has 0 spiro atoms. The van der Waals surface area contributed by atoms with Crippen LogP contribution in [0.5, 0.6) is 0 Å². The molecule has 0 saturated carbocycles. The molecule has 1 fully saturated rings. The summed E-state index contributed by atoms with van der Waals surface area (Å²) in [7, 11) is -8.02. The van der Waals surface area contributed by atoms with E-state index in [4.69, 9.17) is 0 Å². The van der Waals surface area contributed by atoms with Crippen molar-refractivity contribution in [2.24, 2.45) is 0 Å². The Morgan fingerprint density at radius 1 is 0.804 bits per heavy atom. The van der Waals surface area contributed by atoms with E-state index in [1.165, 1.54) is 28.6 Å². The zero-order chi connectivity index (χ0) is 32.7. The van der Waals surface area contributed by atoms with Crippen molar-refractivity contribution in [2.75, 3.05) is 48.7 Å². The lowest BCUT2D eigenvalue weighted by molar-refractivity contribution is -0.384. The molecule has 0 radical (unpaired) electrons. The first kappa shape index (κ1) is 32.9. The summed E-state index contributed by atoms with van der Waals surface area (Å²) in [6, 6.07) is 27.6. The molecule has 15 heteroatoms. The molecule has 240 valence electrons. The number of carbonyl (C=O) groups excluding carboxylic acids is 1. The van der Waals surface area contributed by atoms with Crippen molar-refractivity contribution >= 4 is 54.8 Å². The summed E-state index contributed by atoms with van der Waals surface area (Å²) in [4.78, 5) is 26.8. The van der Waals surface area contributed by atoms with E-state index in [1.807, 2.05) is 40.0 Å². The average Bonchev–Trinajstić information content (AvgIpc) is 3.07. The Morgan fingerprint density at radius 3 is 2.07 bits per heavy atom. The number of hydrogen-bond acceptors (Lipinski definition) is 10. The number of thioether (sulfide) groups is 1. The van der Waals surface area contributed by atoms with Gasteiger partial charge in [0.2, 0.25) is 10.0 Å². The predicted molar refractivity (Wildman–Crippen MR) is 177 cm³/mol. The molecule has 1 heterocycles. The molecule has 1 aliphatic rings. The first-order valence-corrected chi connectivity index (χ1v) is 18.1. The van der Waals surface area contributed by atoms with Crippen LogP contribution < -0.4 is 14.9 Å². The van der Waals surface area contributed by atoms with Gasteiger partial charge in [0, 0.05) is 60.7 Å². The van der Waals surface area contributed by atoms with Gasteiger partial charge in [0.05, 0.1) is 14.7 Å². The van der Waals surface area contributed by atoms with Gasteiger partial charge in [-0.3, -0.25) is 14.9 Å². The van der Waals surface area contributed by atoms with Crippen LogP contribution in [0.15, 0.2) is 118 Å². The van der Waals surface area contributed by atoms with E-state index in [1.54, 1.807) is 54.2 Å². The molecule has 1 saturated heterocycles. The van der Waals surface area contributed by atoms with Crippen LogP contribution >= 0.6 is 11.8 Å². The molecule has 0 unspecified atom stereocenters. The highest BCUT2D eigenvalue weighted by atomic mass is 32.2. The average molecular weight is 682 g/mol. The summed E-state index contributed by atoms with van der Waals surface area (Å²) in [5, 5.41) is 14.7. The third-order valence-corrected chi connectivity index (χ3v) is 11.5. The minimum Gasteiger partial charge on any atom is -0.379 e. The number of rotatable bonds is 12. The van der Waals surface area contributed by atoms with Gasteiger partial charge in [0.25, 0.3) is 21.6 Å². The molecule has 0 aromatic heterocycles. The van der Waals surface area contributed by atoms with Gasteiger partial charge in [-0.2, -0.15) is 4.31 Å². The molecular formula is C31H31N5O7S3. The monoisotopic (exact) mass is 681 g/mol. The lowest BCUT2D eigenvalue weighted by atomic mass is 10.2. The van der Waals surface area contributed by atoms with Crippen molar-refractivity contribution < 1.29 is 26.6 Å². The molecule has 1 aliphatic heterocycles. The Hall–Kier alpha value is -4.44. The maximum Gasteiger partial charge on any atom is 0.293 e. The number of anilines is 2. The first-order valence-electron chi connectivity index (χ1n) is 14.2. The number of hydrogen-bond donors (Lipinski definition) is 2. The van der Waals surface area contributed by atoms with E-state index in [0.717, 1.165) is 16.6 Å². The van der Waals surface area contributed by atoms with E-state index in [9.17, 15) is 31.7 Å². The van der Waals surface area contributed by atoms with Crippen LogP contribution in [-0.4, -0.2) is 70.4 Å². The van der Waals surface area contributed by atoms with Crippen LogP contribution in [0.3, 0.4) is 0 Å². The van der Waals surface area contributed by atoms with Crippen LogP contribution in [0.4, 0.5) is 17.1 Å². The topological polar surface area (TPSA) is 159 Å². The number of amides is 1. The van der Waals surface area contributed by atoms with Gasteiger partial charge < -0.3 is 10.2 Å².